The van der Waals surface area contributed by atoms with Crippen LogP contribution in [0.5, 0.6) is 0 Å². The summed E-state index contributed by atoms with van der Waals surface area (Å²) < 4.78 is 39.5. The molecule has 0 aliphatic carbocycles. The van der Waals surface area contributed by atoms with E-state index in [1.165, 1.54) is 12.1 Å². The molecule has 0 unspecified atom stereocenters. The van der Waals surface area contributed by atoms with Crippen molar-refractivity contribution in [2.75, 3.05) is 6.54 Å². The maximum absolute atomic E-state index is 12.5. The Balaban J connectivity index is 1.92. The predicted octanol–water partition coefficient (Wildman–Crippen LogP) is 2.67. The van der Waals surface area contributed by atoms with Crippen LogP contribution in [0.1, 0.15) is 11.4 Å². The topological polar surface area (TPSA) is 29.9 Å². The van der Waals surface area contributed by atoms with Crippen molar-refractivity contribution in [1.29, 1.82) is 0 Å². The molecular weight excluding hydrogens is 255 g/mol. The van der Waals surface area contributed by atoms with Crippen molar-refractivity contribution >= 4 is 0 Å². The van der Waals surface area contributed by atoms with Gasteiger partial charge in [0.25, 0.3) is 0 Å². The average molecular weight is 267 g/mol. The van der Waals surface area contributed by atoms with Crippen LogP contribution >= 0.6 is 0 Å². The lowest BCUT2D eigenvalue weighted by Crippen LogP contribution is -2.27. The van der Waals surface area contributed by atoms with E-state index >= 15 is 0 Å². The number of halogens is 3. The van der Waals surface area contributed by atoms with Crippen LogP contribution in [-0.4, -0.2) is 16.1 Å². The second-order valence-corrected chi connectivity index (χ2v) is 4.49. The molecule has 0 bridgehead atoms. The van der Waals surface area contributed by atoms with E-state index in [1.54, 1.807) is 0 Å². The van der Waals surface area contributed by atoms with Crippen molar-refractivity contribution in [2.24, 2.45) is 0 Å². The first-order valence-electron chi connectivity index (χ1n) is 5.98. The highest BCUT2D eigenvalue weighted by Gasteiger charge is 2.30. The third-order valence-electron chi connectivity index (χ3n) is 3.18. The lowest BCUT2D eigenvalue weighted by atomic mass is 10.1. The standard InChI is InChI=1S/C13H12F3N3/c14-13(15,16)10-3-1-9(2-4-10)11-8-19-6-5-17-7-12(19)18-11/h1-4,8,17H,5-7H2. The molecule has 3 rings (SSSR count). The molecule has 1 N–H and O–H groups in total. The van der Waals surface area contributed by atoms with Crippen molar-refractivity contribution in [3.63, 3.8) is 0 Å². The van der Waals surface area contributed by atoms with Gasteiger partial charge in [0.05, 0.1) is 17.8 Å². The Morgan fingerprint density at radius 2 is 1.89 bits per heavy atom. The van der Waals surface area contributed by atoms with Gasteiger partial charge >= 0.3 is 6.18 Å². The molecule has 3 nitrogen and oxygen atoms in total. The highest BCUT2D eigenvalue weighted by atomic mass is 19.4. The van der Waals surface area contributed by atoms with E-state index < -0.39 is 11.7 Å². The number of alkyl halides is 3. The van der Waals surface area contributed by atoms with Crippen molar-refractivity contribution < 1.29 is 13.2 Å². The van der Waals surface area contributed by atoms with Gasteiger partial charge in [0.2, 0.25) is 0 Å². The van der Waals surface area contributed by atoms with Crippen molar-refractivity contribution in [2.45, 2.75) is 19.3 Å². The smallest absolute Gasteiger partial charge is 0.332 e. The van der Waals surface area contributed by atoms with Gasteiger partial charge in [-0.1, -0.05) is 12.1 Å². The van der Waals surface area contributed by atoms with Gasteiger partial charge in [0, 0.05) is 24.8 Å². The third-order valence-corrected chi connectivity index (χ3v) is 3.18. The summed E-state index contributed by atoms with van der Waals surface area (Å²) in [5.41, 5.74) is 0.782. The fraction of sp³-hybridized carbons (Fsp3) is 0.308. The second-order valence-electron chi connectivity index (χ2n) is 4.49. The van der Waals surface area contributed by atoms with E-state index in [-0.39, 0.29) is 0 Å². The molecule has 2 aromatic rings. The molecule has 1 aliphatic rings. The number of imidazole rings is 1. The molecule has 0 fully saturated rings. The normalized spacial score (nSPS) is 15.3. The Hall–Kier alpha value is -1.82. The predicted molar refractivity (Wildman–Crippen MR) is 64.4 cm³/mol. The molecule has 19 heavy (non-hydrogen) atoms. The van der Waals surface area contributed by atoms with E-state index in [4.69, 9.17) is 0 Å². The summed E-state index contributed by atoms with van der Waals surface area (Å²) in [6.07, 6.45) is -2.41. The summed E-state index contributed by atoms with van der Waals surface area (Å²) >= 11 is 0. The first kappa shape index (κ1) is 12.2. The monoisotopic (exact) mass is 267 g/mol. The number of nitrogens with zero attached hydrogens (tertiary/aromatic N) is 2. The first-order valence-corrected chi connectivity index (χ1v) is 5.98. The Morgan fingerprint density at radius 3 is 2.53 bits per heavy atom. The first-order chi connectivity index (χ1) is 9.04. The summed E-state index contributed by atoms with van der Waals surface area (Å²) in [5.74, 6) is 0.918. The Morgan fingerprint density at radius 1 is 1.16 bits per heavy atom. The van der Waals surface area contributed by atoms with E-state index in [0.717, 1.165) is 31.0 Å². The minimum absolute atomic E-state index is 0.637. The van der Waals surface area contributed by atoms with Gasteiger partial charge in [-0.15, -0.1) is 0 Å². The maximum atomic E-state index is 12.5. The van der Waals surface area contributed by atoms with Crippen molar-refractivity contribution in [3.8, 4) is 11.3 Å². The highest BCUT2D eigenvalue weighted by Crippen LogP contribution is 2.30. The number of fused-ring (bicyclic) bond motifs is 1. The molecule has 1 aromatic heterocycles. The Labute approximate surface area is 108 Å². The van der Waals surface area contributed by atoms with E-state index in [0.29, 0.717) is 17.8 Å². The largest absolute Gasteiger partial charge is 0.416 e. The number of hydrogen-bond acceptors (Lipinski definition) is 2. The zero-order valence-electron chi connectivity index (χ0n) is 10.0. The molecule has 1 aliphatic heterocycles. The van der Waals surface area contributed by atoms with Crippen LogP contribution < -0.4 is 5.32 Å². The van der Waals surface area contributed by atoms with Crippen LogP contribution in [0.3, 0.4) is 0 Å². The van der Waals surface area contributed by atoms with Crippen molar-refractivity contribution in [1.82, 2.24) is 14.9 Å². The van der Waals surface area contributed by atoms with Gasteiger partial charge in [-0.3, -0.25) is 0 Å². The van der Waals surface area contributed by atoms with Gasteiger partial charge in [-0.25, -0.2) is 4.98 Å². The summed E-state index contributed by atoms with van der Waals surface area (Å²) in [5, 5.41) is 3.20. The van der Waals surface area contributed by atoms with Gasteiger partial charge in [0.1, 0.15) is 5.82 Å². The molecule has 0 spiro atoms. The summed E-state index contributed by atoms with van der Waals surface area (Å²) in [7, 11) is 0. The lowest BCUT2D eigenvalue weighted by molar-refractivity contribution is -0.137. The Bertz CT molecular complexity index is 561. The van der Waals surface area contributed by atoms with E-state index in [9.17, 15) is 13.2 Å². The molecule has 100 valence electrons. The van der Waals surface area contributed by atoms with Crippen LogP contribution in [0.25, 0.3) is 11.3 Å². The summed E-state index contributed by atoms with van der Waals surface area (Å²) in [4.78, 5) is 4.43. The Kier molecular flexibility index (Phi) is 2.82. The number of rotatable bonds is 1. The lowest BCUT2D eigenvalue weighted by Gasteiger charge is -2.13. The molecule has 0 amide bonds. The molecular formula is C13H12F3N3. The number of benzene rings is 1. The summed E-state index contributed by atoms with van der Waals surface area (Å²) in [6, 6.07) is 5.10. The van der Waals surface area contributed by atoms with Crippen LogP contribution in [0.15, 0.2) is 30.5 Å². The minimum Gasteiger partial charge on any atom is -0.332 e. The molecule has 1 aromatic carbocycles. The number of nitrogens with one attached hydrogen (secondary N) is 1. The highest BCUT2D eigenvalue weighted by molar-refractivity contribution is 5.59. The van der Waals surface area contributed by atoms with Gasteiger partial charge < -0.3 is 9.88 Å². The van der Waals surface area contributed by atoms with E-state index in [1.807, 2.05) is 10.8 Å². The zero-order chi connectivity index (χ0) is 13.5. The molecule has 0 atom stereocenters. The fourth-order valence-corrected chi connectivity index (χ4v) is 2.16. The third kappa shape index (κ3) is 2.35. The van der Waals surface area contributed by atoms with Gasteiger partial charge in [-0.05, 0) is 12.1 Å². The second kappa shape index (κ2) is 4.38. The maximum Gasteiger partial charge on any atom is 0.416 e. The number of hydrogen-bond donors (Lipinski definition) is 1. The molecule has 0 radical (unpaired) electrons. The quantitative estimate of drug-likeness (QED) is 0.861. The molecule has 0 saturated carbocycles. The fourth-order valence-electron chi connectivity index (χ4n) is 2.16. The van der Waals surface area contributed by atoms with Crippen molar-refractivity contribution in [3.05, 3.63) is 41.9 Å². The average Bonchev–Trinajstić information content (AvgIpc) is 2.81. The minimum atomic E-state index is -4.30. The molecule has 2 heterocycles. The number of aromatic nitrogens is 2. The molecule has 0 saturated heterocycles. The van der Waals surface area contributed by atoms with Crippen LogP contribution in [-0.2, 0) is 19.3 Å². The van der Waals surface area contributed by atoms with Crippen LogP contribution in [0, 0.1) is 0 Å². The van der Waals surface area contributed by atoms with Gasteiger partial charge in [-0.2, -0.15) is 13.2 Å². The van der Waals surface area contributed by atoms with Crippen LogP contribution in [0.2, 0.25) is 0 Å². The zero-order valence-corrected chi connectivity index (χ0v) is 10.0. The van der Waals surface area contributed by atoms with Crippen LogP contribution in [0.4, 0.5) is 13.2 Å². The van der Waals surface area contributed by atoms with E-state index in [2.05, 4.69) is 10.3 Å². The molecule has 6 heteroatoms. The van der Waals surface area contributed by atoms with Gasteiger partial charge in [0.15, 0.2) is 0 Å². The SMILES string of the molecule is FC(F)(F)c1ccc(-c2cn3c(n2)CNCC3)cc1. The summed E-state index contributed by atoms with van der Waals surface area (Å²) in [6.45, 7) is 2.42.